The van der Waals surface area contributed by atoms with Crippen LogP contribution >= 0.6 is 11.8 Å². The van der Waals surface area contributed by atoms with Gasteiger partial charge in [-0.25, -0.2) is 0 Å². The molecule has 1 aromatic carbocycles. The van der Waals surface area contributed by atoms with E-state index in [1.165, 1.54) is 0 Å². The SMILES string of the molecule is CC(C)(C)c1cccc(SCCCCCO)c1O. The monoisotopic (exact) mass is 268 g/mol. The van der Waals surface area contributed by atoms with Gasteiger partial charge in [-0.15, -0.1) is 11.8 Å². The lowest BCUT2D eigenvalue weighted by Gasteiger charge is -2.21. The zero-order chi connectivity index (χ0) is 13.6. The van der Waals surface area contributed by atoms with E-state index < -0.39 is 0 Å². The number of aromatic hydroxyl groups is 1. The van der Waals surface area contributed by atoms with Crippen LogP contribution in [0.4, 0.5) is 0 Å². The van der Waals surface area contributed by atoms with Gasteiger partial charge in [-0.2, -0.15) is 0 Å². The molecule has 0 aliphatic heterocycles. The molecule has 0 aliphatic rings. The summed E-state index contributed by atoms with van der Waals surface area (Å²) in [6.07, 6.45) is 2.99. The van der Waals surface area contributed by atoms with Crippen LogP contribution < -0.4 is 0 Å². The van der Waals surface area contributed by atoms with Crippen molar-refractivity contribution in [2.75, 3.05) is 12.4 Å². The molecule has 1 rings (SSSR count). The molecule has 2 N–H and O–H groups in total. The largest absolute Gasteiger partial charge is 0.506 e. The molecule has 18 heavy (non-hydrogen) atoms. The van der Waals surface area contributed by atoms with Crippen molar-refractivity contribution in [2.24, 2.45) is 0 Å². The molecule has 0 saturated heterocycles. The fourth-order valence-corrected chi connectivity index (χ4v) is 2.81. The van der Waals surface area contributed by atoms with Gasteiger partial charge in [0.25, 0.3) is 0 Å². The second-order valence-corrected chi connectivity index (χ2v) is 6.67. The van der Waals surface area contributed by atoms with Crippen molar-refractivity contribution in [2.45, 2.75) is 50.3 Å². The first-order valence-corrected chi connectivity index (χ1v) is 7.51. The Balaban J connectivity index is 2.62. The number of para-hydroxylation sites is 1. The number of unbranched alkanes of at least 4 members (excludes halogenated alkanes) is 2. The smallest absolute Gasteiger partial charge is 0.132 e. The van der Waals surface area contributed by atoms with E-state index in [2.05, 4.69) is 20.8 Å². The van der Waals surface area contributed by atoms with E-state index in [1.807, 2.05) is 18.2 Å². The summed E-state index contributed by atoms with van der Waals surface area (Å²) in [6, 6.07) is 5.97. The van der Waals surface area contributed by atoms with E-state index in [0.717, 1.165) is 35.5 Å². The van der Waals surface area contributed by atoms with Gasteiger partial charge in [0.05, 0.1) is 0 Å². The van der Waals surface area contributed by atoms with E-state index in [9.17, 15) is 5.11 Å². The molecule has 0 fully saturated rings. The van der Waals surface area contributed by atoms with Crippen molar-refractivity contribution >= 4 is 11.8 Å². The molecule has 0 atom stereocenters. The van der Waals surface area contributed by atoms with Crippen LogP contribution in [0.15, 0.2) is 23.1 Å². The molecule has 0 aliphatic carbocycles. The standard InChI is InChI=1S/C15H24O2S/c1-15(2,3)12-8-7-9-13(14(12)17)18-11-6-4-5-10-16/h7-9,16-17H,4-6,10-11H2,1-3H3. The molecule has 0 radical (unpaired) electrons. The second kappa shape index (κ2) is 7.05. The highest BCUT2D eigenvalue weighted by molar-refractivity contribution is 7.99. The zero-order valence-corrected chi connectivity index (χ0v) is 12.4. The fourth-order valence-electron chi connectivity index (χ4n) is 1.82. The normalized spacial score (nSPS) is 11.8. The van der Waals surface area contributed by atoms with Crippen molar-refractivity contribution in [3.8, 4) is 5.75 Å². The second-order valence-electron chi connectivity index (χ2n) is 5.54. The number of aliphatic hydroxyl groups excluding tert-OH is 1. The highest BCUT2D eigenvalue weighted by atomic mass is 32.2. The number of phenols is 1. The average molecular weight is 268 g/mol. The molecule has 0 unspecified atom stereocenters. The third-order valence-electron chi connectivity index (χ3n) is 2.87. The van der Waals surface area contributed by atoms with Crippen molar-refractivity contribution in [1.82, 2.24) is 0 Å². The summed E-state index contributed by atoms with van der Waals surface area (Å²) in [7, 11) is 0. The van der Waals surface area contributed by atoms with Crippen LogP contribution in [0.3, 0.4) is 0 Å². The third kappa shape index (κ3) is 4.54. The molecular weight excluding hydrogens is 244 g/mol. The van der Waals surface area contributed by atoms with Crippen LogP contribution in [0.25, 0.3) is 0 Å². The van der Waals surface area contributed by atoms with Crippen molar-refractivity contribution in [3.63, 3.8) is 0 Å². The Bertz CT molecular complexity index is 369. The lowest BCUT2D eigenvalue weighted by molar-refractivity contribution is 0.284. The van der Waals surface area contributed by atoms with E-state index in [0.29, 0.717) is 5.75 Å². The molecule has 0 amide bonds. The molecule has 2 nitrogen and oxygen atoms in total. The fraction of sp³-hybridized carbons (Fsp3) is 0.600. The first kappa shape index (κ1) is 15.4. The highest BCUT2D eigenvalue weighted by Crippen LogP contribution is 2.37. The Morgan fingerprint density at radius 1 is 1.11 bits per heavy atom. The van der Waals surface area contributed by atoms with Gasteiger partial charge in [-0.05, 0) is 30.1 Å². The number of benzene rings is 1. The van der Waals surface area contributed by atoms with Gasteiger partial charge in [0, 0.05) is 17.1 Å². The predicted octanol–water partition coefficient (Wildman–Crippen LogP) is 3.94. The number of aliphatic hydroxyl groups is 1. The summed E-state index contributed by atoms with van der Waals surface area (Å²) < 4.78 is 0. The summed E-state index contributed by atoms with van der Waals surface area (Å²) in [5.41, 5.74) is 0.972. The maximum Gasteiger partial charge on any atom is 0.132 e. The average Bonchev–Trinajstić information content (AvgIpc) is 2.29. The molecule has 0 saturated carbocycles. The van der Waals surface area contributed by atoms with Crippen LogP contribution in [-0.2, 0) is 5.41 Å². The van der Waals surface area contributed by atoms with E-state index in [4.69, 9.17) is 5.11 Å². The quantitative estimate of drug-likeness (QED) is 0.606. The van der Waals surface area contributed by atoms with Crippen LogP contribution in [0.1, 0.15) is 45.6 Å². The predicted molar refractivity (Wildman–Crippen MR) is 78.5 cm³/mol. The van der Waals surface area contributed by atoms with Gasteiger partial charge in [-0.3, -0.25) is 0 Å². The third-order valence-corrected chi connectivity index (χ3v) is 4.00. The Hall–Kier alpha value is -0.670. The first-order valence-electron chi connectivity index (χ1n) is 6.53. The van der Waals surface area contributed by atoms with Gasteiger partial charge in [0.15, 0.2) is 0 Å². The van der Waals surface area contributed by atoms with Gasteiger partial charge in [0.1, 0.15) is 5.75 Å². The van der Waals surface area contributed by atoms with Crippen molar-refractivity contribution in [3.05, 3.63) is 23.8 Å². The minimum absolute atomic E-state index is 0.0302. The molecule has 0 spiro atoms. The summed E-state index contributed by atoms with van der Waals surface area (Å²) >= 11 is 1.70. The lowest BCUT2D eigenvalue weighted by Crippen LogP contribution is -2.11. The van der Waals surface area contributed by atoms with Crippen LogP contribution in [0.5, 0.6) is 5.75 Å². The Morgan fingerprint density at radius 2 is 1.83 bits per heavy atom. The van der Waals surface area contributed by atoms with E-state index in [-0.39, 0.29) is 12.0 Å². The van der Waals surface area contributed by atoms with Gasteiger partial charge < -0.3 is 10.2 Å². The lowest BCUT2D eigenvalue weighted by atomic mass is 9.86. The summed E-state index contributed by atoms with van der Waals surface area (Å²) in [6.45, 7) is 6.60. The maximum absolute atomic E-state index is 10.3. The Kier molecular flexibility index (Phi) is 6.03. The van der Waals surface area contributed by atoms with E-state index in [1.54, 1.807) is 11.8 Å². The molecule has 102 valence electrons. The molecule has 1 aromatic rings. The number of hydrogen-bond acceptors (Lipinski definition) is 3. The van der Waals surface area contributed by atoms with Gasteiger partial charge in [-0.1, -0.05) is 39.3 Å². The van der Waals surface area contributed by atoms with Crippen LogP contribution in [0.2, 0.25) is 0 Å². The summed E-state index contributed by atoms with van der Waals surface area (Å²) in [5, 5.41) is 19.0. The molecule has 0 aromatic heterocycles. The van der Waals surface area contributed by atoms with Gasteiger partial charge in [0.2, 0.25) is 0 Å². The molecular formula is C15H24O2S. The zero-order valence-electron chi connectivity index (χ0n) is 11.6. The number of rotatable bonds is 6. The highest BCUT2D eigenvalue weighted by Gasteiger charge is 2.19. The Labute approximate surface area is 114 Å². The van der Waals surface area contributed by atoms with E-state index >= 15 is 0 Å². The molecule has 0 bridgehead atoms. The number of thioether (sulfide) groups is 1. The van der Waals surface area contributed by atoms with Crippen molar-refractivity contribution < 1.29 is 10.2 Å². The first-order chi connectivity index (χ1) is 8.46. The van der Waals surface area contributed by atoms with Gasteiger partial charge >= 0.3 is 0 Å². The molecule has 3 heteroatoms. The topological polar surface area (TPSA) is 40.5 Å². The molecule has 0 heterocycles. The summed E-state index contributed by atoms with van der Waals surface area (Å²) in [4.78, 5) is 0.964. The minimum atomic E-state index is -0.0302. The van der Waals surface area contributed by atoms with Crippen LogP contribution in [0, 0.1) is 0 Å². The van der Waals surface area contributed by atoms with Crippen LogP contribution in [-0.4, -0.2) is 22.6 Å². The van der Waals surface area contributed by atoms with Crippen molar-refractivity contribution in [1.29, 1.82) is 0 Å². The Morgan fingerprint density at radius 3 is 2.44 bits per heavy atom. The minimum Gasteiger partial charge on any atom is -0.506 e. The number of hydrogen-bond donors (Lipinski definition) is 2. The summed E-state index contributed by atoms with van der Waals surface area (Å²) in [5.74, 6) is 1.42. The number of phenolic OH excluding ortho intramolecular Hbond substituents is 1. The maximum atomic E-state index is 10.3.